The zero-order valence-electron chi connectivity index (χ0n) is 14.9. The molecule has 0 saturated heterocycles. The molecule has 3 aromatic carbocycles. The van der Waals surface area contributed by atoms with Crippen LogP contribution in [0.5, 0.6) is 17.2 Å². The molecule has 0 aliphatic rings. The average Bonchev–Trinajstić information content (AvgIpc) is 2.73. The number of hydrogen-bond acceptors (Lipinski definition) is 4. The molecule has 0 heterocycles. The summed E-state index contributed by atoms with van der Waals surface area (Å²) < 4.78 is 18.3. The van der Waals surface area contributed by atoms with Crippen LogP contribution in [0.3, 0.4) is 0 Å². The summed E-state index contributed by atoms with van der Waals surface area (Å²) in [6.07, 6.45) is 0.792. The number of carbonyl (C=O) groups is 1. The van der Waals surface area contributed by atoms with Crippen LogP contribution in [0.25, 0.3) is 0 Å². The Balaban J connectivity index is 1.92. The zero-order valence-corrected chi connectivity index (χ0v) is 17.0. The summed E-state index contributed by atoms with van der Waals surface area (Å²) >= 11 is 2.10. The van der Waals surface area contributed by atoms with E-state index in [1.54, 1.807) is 13.2 Å². The average molecular weight is 474 g/mol. The van der Waals surface area contributed by atoms with Crippen molar-refractivity contribution in [2.45, 2.75) is 13.2 Å². The van der Waals surface area contributed by atoms with Gasteiger partial charge in [0.25, 0.3) is 0 Å². The Bertz CT molecular complexity index is 895. The first kappa shape index (κ1) is 19.2. The molecule has 4 nitrogen and oxygen atoms in total. The molecule has 0 aliphatic carbocycles. The van der Waals surface area contributed by atoms with Crippen molar-refractivity contribution < 1.29 is 19.0 Å². The third-order valence-electron chi connectivity index (χ3n) is 3.97. The van der Waals surface area contributed by atoms with Crippen molar-refractivity contribution in [3.05, 3.63) is 87.0 Å². The third kappa shape index (κ3) is 4.80. The number of hydrogen-bond donors (Lipinski definition) is 0. The molecule has 0 saturated carbocycles. The second kappa shape index (κ2) is 9.41. The van der Waals surface area contributed by atoms with Crippen molar-refractivity contribution >= 4 is 28.9 Å². The molecule has 0 unspecified atom stereocenters. The zero-order chi connectivity index (χ0) is 19.1. The maximum Gasteiger partial charge on any atom is 0.205 e. The van der Waals surface area contributed by atoms with Crippen molar-refractivity contribution in [3.8, 4) is 17.2 Å². The van der Waals surface area contributed by atoms with Gasteiger partial charge in [-0.1, -0.05) is 60.7 Å². The quantitative estimate of drug-likeness (QED) is 0.330. The van der Waals surface area contributed by atoms with Crippen LogP contribution in [0, 0.1) is 3.57 Å². The Morgan fingerprint density at radius 1 is 0.852 bits per heavy atom. The van der Waals surface area contributed by atoms with Crippen LogP contribution < -0.4 is 14.2 Å². The van der Waals surface area contributed by atoms with E-state index >= 15 is 0 Å². The Morgan fingerprint density at radius 2 is 1.37 bits per heavy atom. The topological polar surface area (TPSA) is 44.8 Å². The largest absolute Gasteiger partial charge is 0.493 e. The fourth-order valence-electron chi connectivity index (χ4n) is 2.58. The lowest BCUT2D eigenvalue weighted by Crippen LogP contribution is -2.05. The van der Waals surface area contributed by atoms with Gasteiger partial charge in [0, 0.05) is 5.56 Å². The molecule has 0 spiro atoms. The van der Waals surface area contributed by atoms with Crippen molar-refractivity contribution in [2.75, 3.05) is 7.11 Å². The Morgan fingerprint density at radius 3 is 1.85 bits per heavy atom. The second-order valence-electron chi connectivity index (χ2n) is 5.81. The highest BCUT2D eigenvalue weighted by atomic mass is 127. The van der Waals surface area contributed by atoms with E-state index in [2.05, 4.69) is 22.6 Å². The van der Waals surface area contributed by atoms with Gasteiger partial charge in [-0.05, 0) is 39.8 Å². The maximum atomic E-state index is 11.5. The molecule has 0 bridgehead atoms. The van der Waals surface area contributed by atoms with E-state index in [1.807, 2.05) is 60.7 Å². The van der Waals surface area contributed by atoms with Crippen LogP contribution in [-0.4, -0.2) is 13.4 Å². The first-order valence-corrected chi connectivity index (χ1v) is 9.50. The summed E-state index contributed by atoms with van der Waals surface area (Å²) in [5.74, 6) is 1.47. The van der Waals surface area contributed by atoms with E-state index in [0.717, 1.165) is 17.4 Å². The van der Waals surface area contributed by atoms with E-state index in [0.29, 0.717) is 39.6 Å². The Kier molecular flexibility index (Phi) is 6.70. The molecular formula is C22H19IO4. The number of aldehydes is 1. The SMILES string of the molecule is COc1cc(C=O)c(I)c(OCc2ccccc2)c1OCc1ccccc1. The minimum absolute atomic E-state index is 0.365. The van der Waals surface area contributed by atoms with Gasteiger partial charge in [0.15, 0.2) is 17.8 Å². The molecule has 0 fully saturated rings. The molecule has 3 rings (SSSR count). The molecule has 0 amide bonds. The maximum absolute atomic E-state index is 11.5. The predicted octanol–water partition coefficient (Wildman–Crippen LogP) is 5.27. The van der Waals surface area contributed by atoms with Crippen LogP contribution in [0.4, 0.5) is 0 Å². The normalized spacial score (nSPS) is 10.3. The fraction of sp³-hybridized carbons (Fsp3) is 0.136. The van der Waals surface area contributed by atoms with Gasteiger partial charge in [0.2, 0.25) is 5.75 Å². The molecule has 5 heteroatoms. The molecule has 0 N–H and O–H groups in total. The van der Waals surface area contributed by atoms with E-state index in [1.165, 1.54) is 0 Å². The van der Waals surface area contributed by atoms with E-state index < -0.39 is 0 Å². The van der Waals surface area contributed by atoms with Crippen molar-refractivity contribution in [1.82, 2.24) is 0 Å². The molecule has 27 heavy (non-hydrogen) atoms. The number of methoxy groups -OCH3 is 1. The van der Waals surface area contributed by atoms with Gasteiger partial charge in [-0.3, -0.25) is 4.79 Å². The van der Waals surface area contributed by atoms with Gasteiger partial charge in [0.1, 0.15) is 13.2 Å². The third-order valence-corrected chi connectivity index (χ3v) is 5.08. The number of rotatable bonds is 8. The minimum atomic E-state index is 0.365. The van der Waals surface area contributed by atoms with Crippen LogP contribution in [0.15, 0.2) is 66.7 Å². The second-order valence-corrected chi connectivity index (χ2v) is 6.89. The highest BCUT2D eigenvalue weighted by molar-refractivity contribution is 14.1. The lowest BCUT2D eigenvalue weighted by molar-refractivity contribution is 0.112. The van der Waals surface area contributed by atoms with E-state index in [-0.39, 0.29) is 0 Å². The lowest BCUT2D eigenvalue weighted by Gasteiger charge is -2.18. The van der Waals surface area contributed by atoms with Gasteiger partial charge >= 0.3 is 0 Å². The number of carbonyl (C=O) groups excluding carboxylic acids is 1. The van der Waals surface area contributed by atoms with Crippen molar-refractivity contribution in [1.29, 1.82) is 0 Å². The molecule has 0 atom stereocenters. The monoisotopic (exact) mass is 474 g/mol. The van der Waals surface area contributed by atoms with Crippen LogP contribution >= 0.6 is 22.6 Å². The molecule has 138 valence electrons. The van der Waals surface area contributed by atoms with Gasteiger partial charge in [0.05, 0.1) is 10.7 Å². The summed E-state index contributed by atoms with van der Waals surface area (Å²) in [6, 6.07) is 21.4. The molecule has 0 aliphatic heterocycles. The first-order valence-electron chi connectivity index (χ1n) is 8.42. The molecular weight excluding hydrogens is 455 g/mol. The molecule has 0 radical (unpaired) electrons. The first-order chi connectivity index (χ1) is 13.2. The standard InChI is InChI=1S/C22H19IO4/c1-25-19-12-18(13-24)20(23)22(27-15-17-10-6-3-7-11-17)21(19)26-14-16-8-4-2-5-9-16/h2-13H,14-15H2,1H3. The highest BCUT2D eigenvalue weighted by Crippen LogP contribution is 2.43. The van der Waals surface area contributed by atoms with Crippen molar-refractivity contribution in [3.63, 3.8) is 0 Å². The Hall–Kier alpha value is -2.54. The number of ether oxygens (including phenoxy) is 3. The Labute approximate surface area is 172 Å². The van der Waals surface area contributed by atoms with E-state index in [4.69, 9.17) is 14.2 Å². The van der Waals surface area contributed by atoms with Gasteiger partial charge < -0.3 is 14.2 Å². The fourth-order valence-corrected chi connectivity index (χ4v) is 3.26. The van der Waals surface area contributed by atoms with Crippen LogP contribution in [-0.2, 0) is 13.2 Å². The van der Waals surface area contributed by atoms with Crippen LogP contribution in [0.2, 0.25) is 0 Å². The van der Waals surface area contributed by atoms with Crippen LogP contribution in [0.1, 0.15) is 21.5 Å². The number of benzene rings is 3. The van der Waals surface area contributed by atoms with Gasteiger partial charge in [-0.15, -0.1) is 0 Å². The van der Waals surface area contributed by atoms with E-state index in [9.17, 15) is 4.79 Å². The smallest absolute Gasteiger partial charge is 0.205 e. The molecule has 0 aromatic heterocycles. The number of halogens is 1. The highest BCUT2D eigenvalue weighted by Gasteiger charge is 2.20. The summed E-state index contributed by atoms with van der Waals surface area (Å²) in [5, 5.41) is 0. The summed E-state index contributed by atoms with van der Waals surface area (Å²) in [7, 11) is 1.55. The summed E-state index contributed by atoms with van der Waals surface area (Å²) in [5.41, 5.74) is 2.56. The lowest BCUT2D eigenvalue weighted by atomic mass is 10.2. The van der Waals surface area contributed by atoms with Gasteiger partial charge in [-0.2, -0.15) is 0 Å². The summed E-state index contributed by atoms with van der Waals surface area (Å²) in [4.78, 5) is 11.5. The minimum Gasteiger partial charge on any atom is -0.493 e. The summed E-state index contributed by atoms with van der Waals surface area (Å²) in [6.45, 7) is 0.736. The predicted molar refractivity (Wildman–Crippen MR) is 113 cm³/mol. The molecule has 3 aromatic rings. The van der Waals surface area contributed by atoms with Crippen molar-refractivity contribution in [2.24, 2.45) is 0 Å². The van der Waals surface area contributed by atoms with Gasteiger partial charge in [-0.25, -0.2) is 0 Å².